The molecule has 0 unspecified atom stereocenters. The van der Waals surface area contributed by atoms with Gasteiger partial charge in [0.1, 0.15) is 11.6 Å². The van der Waals surface area contributed by atoms with E-state index in [9.17, 15) is 4.79 Å². The van der Waals surface area contributed by atoms with Crippen LogP contribution in [-0.4, -0.2) is 21.7 Å². The molecular weight excluding hydrogens is 396 g/mol. The molecular formula is C20H16N2O2S3. The minimum Gasteiger partial charge on any atom is -0.459 e. The molecule has 0 N–H and O–H groups in total. The average Bonchev–Trinajstić information content (AvgIpc) is 3.32. The van der Waals surface area contributed by atoms with Crippen molar-refractivity contribution in [1.82, 2.24) is 9.97 Å². The first-order valence-corrected chi connectivity index (χ1v) is 11.0. The number of para-hydroxylation sites is 1. The van der Waals surface area contributed by atoms with Crippen LogP contribution in [0.25, 0.3) is 20.8 Å². The fraction of sp³-hybridized carbons (Fsp3) is 0.150. The van der Waals surface area contributed by atoms with E-state index in [1.807, 2.05) is 29.6 Å². The Labute approximate surface area is 169 Å². The smallest absolute Gasteiger partial charge is 0.316 e. The Kier molecular flexibility index (Phi) is 5.52. The SMILES string of the molecule is Cc1ccc(-c2nc(COC(=O)CSc3nc4ccccc4s3)cs2)cc1. The van der Waals surface area contributed by atoms with Crippen LogP contribution in [0, 0.1) is 6.92 Å². The van der Waals surface area contributed by atoms with Crippen molar-refractivity contribution in [2.24, 2.45) is 0 Å². The Bertz CT molecular complexity index is 1040. The number of rotatable bonds is 6. The Morgan fingerprint density at radius 3 is 2.74 bits per heavy atom. The number of fused-ring (bicyclic) bond motifs is 1. The van der Waals surface area contributed by atoms with Gasteiger partial charge in [-0.1, -0.05) is 53.7 Å². The van der Waals surface area contributed by atoms with Gasteiger partial charge in [0.2, 0.25) is 0 Å². The van der Waals surface area contributed by atoms with Gasteiger partial charge in [-0.05, 0) is 19.1 Å². The molecule has 0 saturated heterocycles. The second-order valence-electron chi connectivity index (χ2n) is 5.91. The molecule has 27 heavy (non-hydrogen) atoms. The number of aromatic nitrogens is 2. The van der Waals surface area contributed by atoms with Gasteiger partial charge in [0, 0.05) is 10.9 Å². The number of thiazole rings is 2. The second kappa shape index (κ2) is 8.21. The van der Waals surface area contributed by atoms with Crippen molar-refractivity contribution >= 4 is 50.6 Å². The van der Waals surface area contributed by atoms with E-state index in [0.717, 1.165) is 30.8 Å². The standard InChI is InChI=1S/C20H16N2O2S3/c1-13-6-8-14(9-7-13)19-21-15(11-25-19)10-24-18(23)12-26-20-22-16-4-2-3-5-17(16)27-20/h2-9,11H,10,12H2,1H3. The molecule has 0 bridgehead atoms. The molecule has 0 atom stereocenters. The fourth-order valence-corrected chi connectivity index (χ4v) is 5.11. The van der Waals surface area contributed by atoms with Gasteiger partial charge in [-0.3, -0.25) is 4.79 Å². The number of ether oxygens (including phenoxy) is 1. The molecule has 0 aliphatic carbocycles. The van der Waals surface area contributed by atoms with E-state index in [1.54, 1.807) is 22.7 Å². The summed E-state index contributed by atoms with van der Waals surface area (Å²) in [6, 6.07) is 16.2. The molecule has 0 aliphatic rings. The van der Waals surface area contributed by atoms with Gasteiger partial charge in [-0.2, -0.15) is 0 Å². The maximum Gasteiger partial charge on any atom is 0.316 e. The third kappa shape index (κ3) is 4.55. The van der Waals surface area contributed by atoms with E-state index in [4.69, 9.17) is 4.74 Å². The number of hydrogen-bond acceptors (Lipinski definition) is 7. The summed E-state index contributed by atoms with van der Waals surface area (Å²) >= 11 is 4.55. The lowest BCUT2D eigenvalue weighted by Gasteiger charge is -2.01. The third-order valence-corrected chi connectivity index (χ3v) is 6.91. The number of thioether (sulfide) groups is 1. The largest absolute Gasteiger partial charge is 0.459 e. The lowest BCUT2D eigenvalue weighted by atomic mass is 10.2. The topological polar surface area (TPSA) is 52.1 Å². The zero-order chi connectivity index (χ0) is 18.6. The number of nitrogens with zero attached hydrogens (tertiary/aromatic N) is 2. The quantitative estimate of drug-likeness (QED) is 0.306. The van der Waals surface area contributed by atoms with Crippen molar-refractivity contribution in [2.75, 3.05) is 5.75 Å². The fourth-order valence-electron chi connectivity index (χ4n) is 2.43. The third-order valence-electron chi connectivity index (χ3n) is 3.82. The lowest BCUT2D eigenvalue weighted by molar-refractivity contribution is -0.141. The molecule has 2 heterocycles. The number of benzene rings is 2. The minimum absolute atomic E-state index is 0.196. The van der Waals surface area contributed by atoms with E-state index in [1.165, 1.54) is 17.3 Å². The summed E-state index contributed by atoms with van der Waals surface area (Å²) in [5.74, 6) is -0.0152. The van der Waals surface area contributed by atoms with Crippen LogP contribution < -0.4 is 0 Å². The Morgan fingerprint density at radius 1 is 1.11 bits per heavy atom. The van der Waals surface area contributed by atoms with Crippen molar-refractivity contribution in [3.8, 4) is 10.6 Å². The molecule has 7 heteroatoms. The molecule has 2 aromatic heterocycles. The predicted octanol–water partition coefficient (Wildman–Crippen LogP) is 5.56. The number of aryl methyl sites for hydroxylation is 1. The van der Waals surface area contributed by atoms with Crippen LogP contribution in [0.15, 0.2) is 58.3 Å². The van der Waals surface area contributed by atoms with Crippen molar-refractivity contribution in [1.29, 1.82) is 0 Å². The van der Waals surface area contributed by atoms with Crippen LogP contribution in [0.1, 0.15) is 11.3 Å². The highest BCUT2D eigenvalue weighted by Crippen LogP contribution is 2.29. The highest BCUT2D eigenvalue weighted by Gasteiger charge is 2.10. The van der Waals surface area contributed by atoms with E-state index < -0.39 is 0 Å². The zero-order valence-corrected chi connectivity index (χ0v) is 17.0. The van der Waals surface area contributed by atoms with Gasteiger partial charge in [-0.15, -0.1) is 22.7 Å². The summed E-state index contributed by atoms with van der Waals surface area (Å²) in [4.78, 5) is 21.1. The molecule has 4 aromatic rings. The lowest BCUT2D eigenvalue weighted by Crippen LogP contribution is -2.07. The summed E-state index contributed by atoms with van der Waals surface area (Å²) in [5, 5.41) is 2.87. The zero-order valence-electron chi connectivity index (χ0n) is 14.5. The number of carbonyl (C=O) groups excluding carboxylic acids is 1. The molecule has 0 saturated carbocycles. The van der Waals surface area contributed by atoms with Gasteiger partial charge in [-0.25, -0.2) is 9.97 Å². The number of carbonyl (C=O) groups is 1. The summed E-state index contributed by atoms with van der Waals surface area (Å²) < 4.78 is 7.36. The van der Waals surface area contributed by atoms with Gasteiger partial charge >= 0.3 is 5.97 Å². The minimum atomic E-state index is -0.260. The molecule has 0 fully saturated rings. The van der Waals surface area contributed by atoms with E-state index >= 15 is 0 Å². The molecule has 0 spiro atoms. The normalized spacial score (nSPS) is 11.0. The summed E-state index contributed by atoms with van der Waals surface area (Å²) in [6.07, 6.45) is 0. The van der Waals surface area contributed by atoms with Crippen LogP contribution in [0.5, 0.6) is 0 Å². The Morgan fingerprint density at radius 2 is 1.93 bits per heavy atom. The molecule has 4 nitrogen and oxygen atoms in total. The van der Waals surface area contributed by atoms with Gasteiger partial charge in [0.15, 0.2) is 4.34 Å². The summed E-state index contributed by atoms with van der Waals surface area (Å²) in [6.45, 7) is 2.25. The van der Waals surface area contributed by atoms with E-state index in [-0.39, 0.29) is 18.3 Å². The molecule has 2 aromatic carbocycles. The molecule has 0 aliphatic heterocycles. The monoisotopic (exact) mass is 412 g/mol. The van der Waals surface area contributed by atoms with Crippen LogP contribution in [0.2, 0.25) is 0 Å². The molecule has 0 radical (unpaired) electrons. The summed E-state index contributed by atoms with van der Waals surface area (Å²) in [5.41, 5.74) is 4.03. The maximum absolute atomic E-state index is 12.0. The van der Waals surface area contributed by atoms with Crippen LogP contribution in [0.3, 0.4) is 0 Å². The van der Waals surface area contributed by atoms with Crippen LogP contribution >= 0.6 is 34.4 Å². The van der Waals surface area contributed by atoms with Gasteiger partial charge in [0.05, 0.1) is 21.7 Å². The highest BCUT2D eigenvalue weighted by molar-refractivity contribution is 8.01. The van der Waals surface area contributed by atoms with Gasteiger partial charge < -0.3 is 4.74 Å². The average molecular weight is 413 g/mol. The molecule has 136 valence electrons. The van der Waals surface area contributed by atoms with E-state index in [0.29, 0.717) is 0 Å². The van der Waals surface area contributed by atoms with Crippen molar-refractivity contribution in [3.63, 3.8) is 0 Å². The number of esters is 1. The number of hydrogen-bond donors (Lipinski definition) is 0. The maximum atomic E-state index is 12.0. The Balaban J connectivity index is 1.29. The first-order chi connectivity index (χ1) is 13.2. The molecule has 4 rings (SSSR count). The first kappa shape index (κ1) is 18.2. The van der Waals surface area contributed by atoms with Crippen LogP contribution in [-0.2, 0) is 16.1 Å². The molecule has 0 amide bonds. The van der Waals surface area contributed by atoms with Gasteiger partial charge in [0.25, 0.3) is 0 Å². The van der Waals surface area contributed by atoms with Crippen molar-refractivity contribution in [3.05, 3.63) is 65.2 Å². The highest BCUT2D eigenvalue weighted by atomic mass is 32.2. The first-order valence-electron chi connectivity index (χ1n) is 8.33. The summed E-state index contributed by atoms with van der Waals surface area (Å²) in [7, 11) is 0. The van der Waals surface area contributed by atoms with Crippen molar-refractivity contribution < 1.29 is 9.53 Å². The predicted molar refractivity (Wildman–Crippen MR) is 112 cm³/mol. The van der Waals surface area contributed by atoms with E-state index in [2.05, 4.69) is 41.2 Å². The van der Waals surface area contributed by atoms with Crippen LogP contribution in [0.4, 0.5) is 0 Å². The Hall–Kier alpha value is -2.22. The van der Waals surface area contributed by atoms with Crippen molar-refractivity contribution in [2.45, 2.75) is 17.9 Å². The second-order valence-corrected chi connectivity index (χ2v) is 9.02.